The Morgan fingerprint density at radius 2 is 1.71 bits per heavy atom. The number of hydrogen-bond donors (Lipinski definition) is 0. The van der Waals surface area contributed by atoms with Crippen LogP contribution in [0.2, 0.25) is 0 Å². The predicted octanol–water partition coefficient (Wildman–Crippen LogP) is 3.52. The van der Waals surface area contributed by atoms with Crippen molar-refractivity contribution in [1.82, 2.24) is 0 Å². The molecular formula is C12H24O2. The van der Waals surface area contributed by atoms with Gasteiger partial charge < -0.3 is 9.47 Å². The van der Waals surface area contributed by atoms with E-state index in [1.807, 2.05) is 13.0 Å². The lowest BCUT2D eigenvalue weighted by Crippen LogP contribution is -1.97. The second-order valence-corrected chi connectivity index (χ2v) is 3.45. The molecule has 0 aliphatic rings. The van der Waals surface area contributed by atoms with Gasteiger partial charge in [-0.1, -0.05) is 26.7 Å². The zero-order valence-corrected chi connectivity index (χ0v) is 9.84. The van der Waals surface area contributed by atoms with Crippen LogP contribution in [-0.2, 0) is 9.47 Å². The van der Waals surface area contributed by atoms with Gasteiger partial charge in [0.2, 0.25) is 0 Å². The Labute approximate surface area is 88.3 Å². The minimum Gasteiger partial charge on any atom is -0.498 e. The van der Waals surface area contributed by atoms with E-state index >= 15 is 0 Å². The Hall–Kier alpha value is -0.500. The normalized spacial score (nSPS) is 11.8. The van der Waals surface area contributed by atoms with Gasteiger partial charge in [0, 0.05) is 6.61 Å². The van der Waals surface area contributed by atoms with Crippen molar-refractivity contribution in [1.29, 1.82) is 0 Å². The molecule has 0 aliphatic heterocycles. The van der Waals surface area contributed by atoms with Crippen LogP contribution >= 0.6 is 0 Å². The smallest absolute Gasteiger partial charge is 0.0911 e. The molecule has 0 rings (SSSR count). The van der Waals surface area contributed by atoms with Gasteiger partial charge in [0.25, 0.3) is 0 Å². The first-order valence-electron chi connectivity index (χ1n) is 5.68. The summed E-state index contributed by atoms with van der Waals surface area (Å²) in [5.41, 5.74) is 0. The van der Waals surface area contributed by atoms with E-state index in [0.717, 1.165) is 31.8 Å². The summed E-state index contributed by atoms with van der Waals surface area (Å²) in [7, 11) is 0. The van der Waals surface area contributed by atoms with Crippen molar-refractivity contribution in [2.45, 2.75) is 46.5 Å². The summed E-state index contributed by atoms with van der Waals surface area (Å²) in [4.78, 5) is 0. The summed E-state index contributed by atoms with van der Waals surface area (Å²) in [5, 5.41) is 0. The maximum atomic E-state index is 5.47. The van der Waals surface area contributed by atoms with Gasteiger partial charge in [-0.05, 0) is 25.8 Å². The lowest BCUT2D eigenvalue weighted by Gasteiger charge is -2.05. The fraction of sp³-hybridized carbons (Fsp3) is 0.833. The molecule has 0 aromatic heterocycles. The molecule has 0 bridgehead atoms. The van der Waals surface area contributed by atoms with Crippen LogP contribution in [0.3, 0.4) is 0 Å². The quantitative estimate of drug-likeness (QED) is 0.419. The standard InChI is InChI=1S/C12H24O2/c1-4-6-9-13-11-8-12(3)14-10-7-5-2/h8H,4-7,9-11H2,1-3H3. The second-order valence-electron chi connectivity index (χ2n) is 3.45. The largest absolute Gasteiger partial charge is 0.498 e. The SMILES string of the molecule is CCCCOCC=C(C)OCCCC. The minimum atomic E-state index is 0.679. The van der Waals surface area contributed by atoms with E-state index in [4.69, 9.17) is 9.47 Å². The second kappa shape index (κ2) is 10.6. The molecule has 0 heterocycles. The Morgan fingerprint density at radius 3 is 2.36 bits per heavy atom. The van der Waals surface area contributed by atoms with Crippen LogP contribution < -0.4 is 0 Å². The zero-order valence-electron chi connectivity index (χ0n) is 9.84. The molecule has 0 saturated carbocycles. The lowest BCUT2D eigenvalue weighted by atomic mass is 10.3. The predicted molar refractivity (Wildman–Crippen MR) is 60.3 cm³/mol. The number of rotatable bonds is 9. The lowest BCUT2D eigenvalue weighted by molar-refractivity contribution is 0.151. The van der Waals surface area contributed by atoms with E-state index in [1.165, 1.54) is 12.8 Å². The number of unbranched alkanes of at least 4 members (excludes halogenated alkanes) is 2. The van der Waals surface area contributed by atoms with Gasteiger partial charge in [-0.3, -0.25) is 0 Å². The van der Waals surface area contributed by atoms with Crippen LogP contribution in [0, 0.1) is 0 Å². The Bertz CT molecular complexity index is 141. The fourth-order valence-corrected chi connectivity index (χ4v) is 0.942. The number of hydrogen-bond acceptors (Lipinski definition) is 2. The van der Waals surface area contributed by atoms with Crippen molar-refractivity contribution in [2.24, 2.45) is 0 Å². The molecule has 0 spiro atoms. The van der Waals surface area contributed by atoms with E-state index in [9.17, 15) is 0 Å². The number of ether oxygens (including phenoxy) is 2. The van der Waals surface area contributed by atoms with Gasteiger partial charge in [0.15, 0.2) is 0 Å². The third kappa shape index (κ3) is 9.59. The number of allylic oxidation sites excluding steroid dienone is 1. The van der Waals surface area contributed by atoms with Gasteiger partial charge in [0.05, 0.1) is 19.0 Å². The molecule has 14 heavy (non-hydrogen) atoms. The molecule has 0 saturated heterocycles. The summed E-state index contributed by atoms with van der Waals surface area (Å²) >= 11 is 0. The van der Waals surface area contributed by atoms with Crippen molar-refractivity contribution < 1.29 is 9.47 Å². The molecule has 0 aromatic rings. The van der Waals surface area contributed by atoms with Crippen LogP contribution in [-0.4, -0.2) is 19.8 Å². The van der Waals surface area contributed by atoms with Crippen LogP contribution in [0.15, 0.2) is 11.8 Å². The van der Waals surface area contributed by atoms with Crippen LogP contribution in [0.1, 0.15) is 46.5 Å². The molecule has 0 atom stereocenters. The van der Waals surface area contributed by atoms with E-state index in [0.29, 0.717) is 6.61 Å². The highest BCUT2D eigenvalue weighted by atomic mass is 16.5. The molecule has 0 fully saturated rings. The summed E-state index contributed by atoms with van der Waals surface area (Å²) in [5.74, 6) is 0.981. The maximum absolute atomic E-state index is 5.47. The Morgan fingerprint density at radius 1 is 1.07 bits per heavy atom. The summed E-state index contributed by atoms with van der Waals surface area (Å²) in [6, 6.07) is 0. The minimum absolute atomic E-state index is 0.679. The van der Waals surface area contributed by atoms with Gasteiger partial charge in [-0.15, -0.1) is 0 Å². The van der Waals surface area contributed by atoms with Gasteiger partial charge in [-0.2, -0.15) is 0 Å². The van der Waals surface area contributed by atoms with Crippen LogP contribution in [0.25, 0.3) is 0 Å². The van der Waals surface area contributed by atoms with Gasteiger partial charge in [0.1, 0.15) is 0 Å². The molecule has 0 radical (unpaired) electrons. The first kappa shape index (κ1) is 13.5. The highest BCUT2D eigenvalue weighted by molar-refractivity contribution is 4.88. The van der Waals surface area contributed by atoms with Gasteiger partial charge >= 0.3 is 0 Å². The van der Waals surface area contributed by atoms with Gasteiger partial charge in [-0.25, -0.2) is 0 Å². The topological polar surface area (TPSA) is 18.5 Å². The highest BCUT2D eigenvalue weighted by Crippen LogP contribution is 1.98. The molecule has 2 nitrogen and oxygen atoms in total. The first-order chi connectivity index (χ1) is 6.81. The van der Waals surface area contributed by atoms with Crippen LogP contribution in [0.5, 0.6) is 0 Å². The molecule has 0 aromatic carbocycles. The third-order valence-corrected chi connectivity index (χ3v) is 1.96. The van der Waals surface area contributed by atoms with E-state index < -0.39 is 0 Å². The summed E-state index contributed by atoms with van der Waals surface area (Å²) in [6.07, 6.45) is 6.65. The monoisotopic (exact) mass is 200 g/mol. The Balaban J connectivity index is 3.27. The average molecular weight is 200 g/mol. The molecule has 0 amide bonds. The summed E-state index contributed by atoms with van der Waals surface area (Å²) in [6.45, 7) is 8.68. The first-order valence-corrected chi connectivity index (χ1v) is 5.68. The zero-order chi connectivity index (χ0) is 10.6. The van der Waals surface area contributed by atoms with E-state index in [1.54, 1.807) is 0 Å². The highest BCUT2D eigenvalue weighted by Gasteiger charge is 1.90. The maximum Gasteiger partial charge on any atom is 0.0911 e. The van der Waals surface area contributed by atoms with E-state index in [-0.39, 0.29) is 0 Å². The third-order valence-electron chi connectivity index (χ3n) is 1.96. The molecule has 0 unspecified atom stereocenters. The van der Waals surface area contributed by atoms with Crippen LogP contribution in [0.4, 0.5) is 0 Å². The molecule has 0 N–H and O–H groups in total. The molecule has 2 heteroatoms. The molecular weight excluding hydrogens is 176 g/mol. The summed E-state index contributed by atoms with van der Waals surface area (Å²) < 4.78 is 10.9. The van der Waals surface area contributed by atoms with E-state index in [2.05, 4.69) is 13.8 Å². The van der Waals surface area contributed by atoms with Crippen molar-refractivity contribution in [3.05, 3.63) is 11.8 Å². The average Bonchev–Trinajstić information content (AvgIpc) is 2.18. The Kier molecular flexibility index (Phi) is 10.2. The van der Waals surface area contributed by atoms with Crippen molar-refractivity contribution >= 4 is 0 Å². The fourth-order valence-electron chi connectivity index (χ4n) is 0.942. The van der Waals surface area contributed by atoms with Crippen molar-refractivity contribution in [3.63, 3.8) is 0 Å². The molecule has 0 aliphatic carbocycles. The van der Waals surface area contributed by atoms with Crippen molar-refractivity contribution in [2.75, 3.05) is 19.8 Å². The van der Waals surface area contributed by atoms with Crippen molar-refractivity contribution in [3.8, 4) is 0 Å². The molecule has 84 valence electrons.